The molecule has 1 aromatic heterocycles. The SMILES string of the molecule is CNC(Cc1ccco1)C1CC1. The van der Waals surface area contributed by atoms with Crippen molar-refractivity contribution in [3.05, 3.63) is 24.2 Å². The van der Waals surface area contributed by atoms with Crippen LogP contribution in [0.1, 0.15) is 18.6 Å². The topological polar surface area (TPSA) is 25.2 Å². The fraction of sp³-hybridized carbons (Fsp3) is 0.600. The molecule has 0 aromatic carbocycles. The van der Waals surface area contributed by atoms with Crippen molar-refractivity contribution in [1.82, 2.24) is 5.32 Å². The first-order valence-electron chi connectivity index (χ1n) is 4.60. The van der Waals surface area contributed by atoms with Gasteiger partial charge in [-0.15, -0.1) is 0 Å². The molecule has 12 heavy (non-hydrogen) atoms. The molecule has 1 saturated carbocycles. The minimum Gasteiger partial charge on any atom is -0.469 e. The Balaban J connectivity index is 1.91. The van der Waals surface area contributed by atoms with E-state index in [0.717, 1.165) is 18.1 Å². The van der Waals surface area contributed by atoms with Gasteiger partial charge in [0.15, 0.2) is 0 Å². The zero-order valence-corrected chi connectivity index (χ0v) is 7.42. The number of furan rings is 1. The van der Waals surface area contributed by atoms with E-state index in [-0.39, 0.29) is 0 Å². The van der Waals surface area contributed by atoms with Gasteiger partial charge in [0.25, 0.3) is 0 Å². The van der Waals surface area contributed by atoms with E-state index in [0.29, 0.717) is 6.04 Å². The van der Waals surface area contributed by atoms with Crippen molar-refractivity contribution in [2.24, 2.45) is 5.92 Å². The van der Waals surface area contributed by atoms with Crippen molar-refractivity contribution in [3.63, 3.8) is 0 Å². The quantitative estimate of drug-likeness (QED) is 0.736. The lowest BCUT2D eigenvalue weighted by Crippen LogP contribution is -2.29. The molecule has 1 fully saturated rings. The van der Waals surface area contributed by atoms with Gasteiger partial charge in [-0.25, -0.2) is 0 Å². The molecule has 0 spiro atoms. The van der Waals surface area contributed by atoms with E-state index >= 15 is 0 Å². The maximum atomic E-state index is 5.30. The lowest BCUT2D eigenvalue weighted by molar-refractivity contribution is 0.432. The summed E-state index contributed by atoms with van der Waals surface area (Å²) >= 11 is 0. The van der Waals surface area contributed by atoms with Crippen molar-refractivity contribution in [2.75, 3.05) is 7.05 Å². The molecule has 0 radical (unpaired) electrons. The molecule has 1 aliphatic rings. The second-order valence-electron chi connectivity index (χ2n) is 3.52. The van der Waals surface area contributed by atoms with Gasteiger partial charge in [0.05, 0.1) is 6.26 Å². The first-order valence-corrected chi connectivity index (χ1v) is 4.60. The number of hydrogen-bond donors (Lipinski definition) is 1. The Morgan fingerprint density at radius 1 is 1.67 bits per heavy atom. The summed E-state index contributed by atoms with van der Waals surface area (Å²) in [6.07, 6.45) is 5.54. The second-order valence-corrected chi connectivity index (χ2v) is 3.52. The number of likely N-dealkylation sites (N-methyl/N-ethyl adjacent to an activating group) is 1. The molecular weight excluding hydrogens is 150 g/mol. The average Bonchev–Trinajstić information content (AvgIpc) is 2.80. The number of rotatable bonds is 4. The molecule has 1 aliphatic carbocycles. The van der Waals surface area contributed by atoms with Crippen LogP contribution < -0.4 is 5.32 Å². The summed E-state index contributed by atoms with van der Waals surface area (Å²) in [5.74, 6) is 1.99. The van der Waals surface area contributed by atoms with Crippen molar-refractivity contribution < 1.29 is 4.42 Å². The first kappa shape index (κ1) is 7.87. The zero-order valence-electron chi connectivity index (χ0n) is 7.42. The number of hydrogen-bond acceptors (Lipinski definition) is 2. The van der Waals surface area contributed by atoms with Gasteiger partial charge >= 0.3 is 0 Å². The van der Waals surface area contributed by atoms with Gasteiger partial charge in [0.1, 0.15) is 5.76 Å². The summed E-state index contributed by atoms with van der Waals surface area (Å²) in [5.41, 5.74) is 0. The lowest BCUT2D eigenvalue weighted by Gasteiger charge is -2.12. The average molecular weight is 165 g/mol. The predicted octanol–water partition coefficient (Wildman–Crippen LogP) is 1.82. The van der Waals surface area contributed by atoms with Gasteiger partial charge < -0.3 is 9.73 Å². The van der Waals surface area contributed by atoms with E-state index in [1.54, 1.807) is 6.26 Å². The van der Waals surface area contributed by atoms with Gasteiger partial charge in [-0.2, -0.15) is 0 Å². The fourth-order valence-corrected chi connectivity index (χ4v) is 1.65. The van der Waals surface area contributed by atoms with Crippen molar-refractivity contribution in [3.8, 4) is 0 Å². The molecule has 0 bridgehead atoms. The highest BCUT2D eigenvalue weighted by Gasteiger charge is 2.30. The number of nitrogens with one attached hydrogen (secondary N) is 1. The van der Waals surface area contributed by atoms with Crippen LogP contribution in [-0.2, 0) is 6.42 Å². The normalized spacial score (nSPS) is 19.4. The molecule has 0 amide bonds. The molecule has 1 N–H and O–H groups in total. The fourth-order valence-electron chi connectivity index (χ4n) is 1.65. The van der Waals surface area contributed by atoms with Crippen LogP contribution in [0.2, 0.25) is 0 Å². The van der Waals surface area contributed by atoms with Crippen molar-refractivity contribution >= 4 is 0 Å². The zero-order chi connectivity index (χ0) is 8.39. The van der Waals surface area contributed by atoms with E-state index in [1.807, 2.05) is 19.2 Å². The third kappa shape index (κ3) is 1.69. The Morgan fingerprint density at radius 3 is 3.00 bits per heavy atom. The van der Waals surface area contributed by atoms with Crippen LogP contribution in [0.3, 0.4) is 0 Å². The minimum absolute atomic E-state index is 0.621. The highest BCUT2D eigenvalue weighted by molar-refractivity contribution is 5.02. The summed E-state index contributed by atoms with van der Waals surface area (Å²) < 4.78 is 5.30. The summed E-state index contributed by atoms with van der Waals surface area (Å²) in [7, 11) is 2.03. The summed E-state index contributed by atoms with van der Waals surface area (Å²) in [4.78, 5) is 0. The molecule has 1 unspecified atom stereocenters. The highest BCUT2D eigenvalue weighted by atomic mass is 16.3. The van der Waals surface area contributed by atoms with Crippen LogP contribution in [0, 0.1) is 5.92 Å². The maximum absolute atomic E-state index is 5.30. The maximum Gasteiger partial charge on any atom is 0.105 e. The summed E-state index contributed by atoms with van der Waals surface area (Å²) in [6.45, 7) is 0. The Morgan fingerprint density at radius 2 is 2.50 bits per heavy atom. The molecule has 1 aromatic rings. The smallest absolute Gasteiger partial charge is 0.105 e. The third-order valence-corrected chi connectivity index (χ3v) is 2.56. The second kappa shape index (κ2) is 3.31. The van der Waals surface area contributed by atoms with Gasteiger partial charge in [-0.3, -0.25) is 0 Å². The Labute approximate surface area is 73.0 Å². The van der Waals surface area contributed by atoms with E-state index in [9.17, 15) is 0 Å². The molecule has 2 rings (SSSR count). The van der Waals surface area contributed by atoms with Crippen LogP contribution in [0.4, 0.5) is 0 Å². The third-order valence-electron chi connectivity index (χ3n) is 2.56. The molecular formula is C10H15NO. The highest BCUT2D eigenvalue weighted by Crippen LogP contribution is 2.33. The van der Waals surface area contributed by atoms with Crippen LogP contribution in [0.5, 0.6) is 0 Å². The van der Waals surface area contributed by atoms with Gasteiger partial charge in [0, 0.05) is 12.5 Å². The van der Waals surface area contributed by atoms with E-state index in [2.05, 4.69) is 5.32 Å². The molecule has 0 aliphatic heterocycles. The van der Waals surface area contributed by atoms with Crippen LogP contribution in [0.25, 0.3) is 0 Å². The molecule has 66 valence electrons. The molecule has 1 atom stereocenters. The molecule has 1 heterocycles. The molecule has 0 saturated heterocycles. The Bertz CT molecular complexity index is 226. The monoisotopic (exact) mass is 165 g/mol. The lowest BCUT2D eigenvalue weighted by atomic mass is 10.1. The molecule has 2 heteroatoms. The van der Waals surface area contributed by atoms with E-state index < -0.39 is 0 Å². The summed E-state index contributed by atoms with van der Waals surface area (Å²) in [6, 6.07) is 4.62. The van der Waals surface area contributed by atoms with E-state index in [1.165, 1.54) is 12.8 Å². The van der Waals surface area contributed by atoms with Crippen molar-refractivity contribution in [2.45, 2.75) is 25.3 Å². The van der Waals surface area contributed by atoms with E-state index in [4.69, 9.17) is 4.42 Å². The van der Waals surface area contributed by atoms with Gasteiger partial charge in [-0.1, -0.05) is 0 Å². The summed E-state index contributed by atoms with van der Waals surface area (Å²) in [5, 5.41) is 3.34. The first-order chi connectivity index (χ1) is 5.90. The predicted molar refractivity (Wildman–Crippen MR) is 48.0 cm³/mol. The van der Waals surface area contributed by atoms with Gasteiger partial charge in [0.2, 0.25) is 0 Å². The standard InChI is InChI=1S/C10H15NO/c1-11-10(8-4-5-8)7-9-3-2-6-12-9/h2-3,6,8,10-11H,4-5,7H2,1H3. The van der Waals surface area contributed by atoms with Crippen molar-refractivity contribution in [1.29, 1.82) is 0 Å². The Hall–Kier alpha value is -0.760. The van der Waals surface area contributed by atoms with Crippen LogP contribution >= 0.6 is 0 Å². The van der Waals surface area contributed by atoms with Crippen LogP contribution in [0.15, 0.2) is 22.8 Å². The Kier molecular flexibility index (Phi) is 2.17. The minimum atomic E-state index is 0.621. The largest absolute Gasteiger partial charge is 0.469 e. The van der Waals surface area contributed by atoms with Gasteiger partial charge in [-0.05, 0) is 37.9 Å². The van der Waals surface area contributed by atoms with Crippen LogP contribution in [-0.4, -0.2) is 13.1 Å². The molecule has 2 nitrogen and oxygen atoms in total.